The molecule has 0 bridgehead atoms. The molecule has 28 heavy (non-hydrogen) atoms. The van der Waals surface area contributed by atoms with Crippen LogP contribution in [0.1, 0.15) is 37.1 Å². The van der Waals surface area contributed by atoms with Gasteiger partial charge in [0.1, 0.15) is 11.9 Å². The van der Waals surface area contributed by atoms with Gasteiger partial charge in [0.05, 0.1) is 12.1 Å². The number of hydrogen-bond donors (Lipinski definition) is 1. The lowest BCUT2D eigenvalue weighted by molar-refractivity contribution is 0.134. The molecule has 3 unspecified atom stereocenters. The molecule has 1 saturated heterocycles. The molecular formula is C22H22N4O2. The fraction of sp³-hybridized carbons (Fsp3) is 0.227. The highest BCUT2D eigenvalue weighted by Gasteiger charge is 2.41. The van der Waals surface area contributed by atoms with Crippen molar-refractivity contribution in [1.82, 2.24) is 9.97 Å². The minimum Gasteiger partial charge on any atom is -0.439 e. The molecule has 142 valence electrons. The van der Waals surface area contributed by atoms with Gasteiger partial charge in [0.25, 0.3) is 0 Å². The zero-order valence-corrected chi connectivity index (χ0v) is 15.8. The van der Waals surface area contributed by atoms with Crippen molar-refractivity contribution >= 4 is 17.9 Å². The Morgan fingerprint density at radius 1 is 1.04 bits per heavy atom. The van der Waals surface area contributed by atoms with E-state index in [2.05, 4.69) is 15.3 Å². The molecule has 6 heteroatoms. The highest BCUT2D eigenvalue weighted by atomic mass is 16.6. The zero-order chi connectivity index (χ0) is 19.5. The Kier molecular flexibility index (Phi) is 4.93. The maximum Gasteiger partial charge on any atom is 0.416 e. The molecule has 4 rings (SSSR count). The van der Waals surface area contributed by atoms with Crippen molar-refractivity contribution in [2.45, 2.75) is 32.0 Å². The van der Waals surface area contributed by atoms with E-state index in [0.717, 1.165) is 11.1 Å². The van der Waals surface area contributed by atoms with Crippen molar-refractivity contribution in [2.24, 2.45) is 0 Å². The van der Waals surface area contributed by atoms with Crippen molar-refractivity contribution in [2.75, 3.05) is 10.2 Å². The Morgan fingerprint density at radius 2 is 1.71 bits per heavy atom. The normalized spacial score (nSPS) is 19.9. The SMILES string of the molecule is CC(Nc1nccc(N2C(=O)OC(c3ccccc3)C2C)n1)c1ccccc1. The lowest BCUT2D eigenvalue weighted by Gasteiger charge is -2.21. The van der Waals surface area contributed by atoms with Crippen LogP contribution in [0.3, 0.4) is 0 Å². The minimum atomic E-state index is -0.401. The Bertz CT molecular complexity index is 949. The first-order chi connectivity index (χ1) is 13.6. The maximum absolute atomic E-state index is 12.5. The molecule has 2 heterocycles. The number of nitrogens with one attached hydrogen (secondary N) is 1. The third kappa shape index (κ3) is 3.53. The average Bonchev–Trinajstić information content (AvgIpc) is 3.03. The van der Waals surface area contributed by atoms with Crippen LogP contribution >= 0.6 is 0 Å². The van der Waals surface area contributed by atoms with Crippen molar-refractivity contribution in [3.05, 3.63) is 84.1 Å². The number of nitrogens with zero attached hydrogens (tertiary/aromatic N) is 3. The van der Waals surface area contributed by atoms with Crippen molar-refractivity contribution in [3.8, 4) is 0 Å². The number of aromatic nitrogens is 2. The van der Waals surface area contributed by atoms with Crippen LogP contribution < -0.4 is 10.2 Å². The number of benzene rings is 2. The summed E-state index contributed by atoms with van der Waals surface area (Å²) in [5.41, 5.74) is 2.10. The van der Waals surface area contributed by atoms with Crippen LogP contribution in [0.25, 0.3) is 0 Å². The summed E-state index contributed by atoms with van der Waals surface area (Å²) in [5, 5.41) is 3.29. The summed E-state index contributed by atoms with van der Waals surface area (Å²) in [6.45, 7) is 4.01. The molecule has 0 aliphatic carbocycles. The fourth-order valence-electron chi connectivity index (χ4n) is 3.43. The number of cyclic esters (lactones) is 1. The van der Waals surface area contributed by atoms with Gasteiger partial charge in [0.2, 0.25) is 5.95 Å². The van der Waals surface area contributed by atoms with Crippen LogP contribution in [-0.2, 0) is 4.74 Å². The van der Waals surface area contributed by atoms with E-state index >= 15 is 0 Å². The number of ether oxygens (including phenoxy) is 1. The summed E-state index contributed by atoms with van der Waals surface area (Å²) in [5.74, 6) is 0.991. The summed E-state index contributed by atoms with van der Waals surface area (Å²) in [6, 6.07) is 21.4. The number of carbonyl (C=O) groups is 1. The molecule has 2 aromatic carbocycles. The summed E-state index contributed by atoms with van der Waals surface area (Å²) >= 11 is 0. The van der Waals surface area contributed by atoms with Gasteiger partial charge in [-0.25, -0.2) is 9.78 Å². The van der Waals surface area contributed by atoms with Crippen LogP contribution in [0.4, 0.5) is 16.6 Å². The predicted octanol–water partition coefficient (Wildman–Crippen LogP) is 4.74. The molecule has 6 nitrogen and oxygen atoms in total. The first-order valence-electron chi connectivity index (χ1n) is 9.33. The molecule has 1 N–H and O–H groups in total. The average molecular weight is 374 g/mol. The van der Waals surface area contributed by atoms with Gasteiger partial charge >= 0.3 is 6.09 Å². The van der Waals surface area contributed by atoms with Crippen molar-refractivity contribution in [1.29, 1.82) is 0 Å². The van der Waals surface area contributed by atoms with E-state index in [1.807, 2.05) is 74.5 Å². The fourth-order valence-corrected chi connectivity index (χ4v) is 3.43. The molecule has 1 aliphatic heterocycles. The van der Waals surface area contributed by atoms with Crippen LogP contribution in [-0.4, -0.2) is 22.1 Å². The Labute approximate surface area is 164 Å². The number of carbonyl (C=O) groups excluding carboxylic acids is 1. The molecule has 1 amide bonds. The lowest BCUT2D eigenvalue weighted by Crippen LogP contribution is -2.32. The Hall–Kier alpha value is -3.41. The molecule has 0 spiro atoms. The van der Waals surface area contributed by atoms with Gasteiger partial charge in [-0.3, -0.25) is 4.90 Å². The number of hydrogen-bond acceptors (Lipinski definition) is 5. The summed E-state index contributed by atoms with van der Waals surface area (Å²) < 4.78 is 5.62. The van der Waals surface area contributed by atoms with Gasteiger partial charge < -0.3 is 10.1 Å². The molecule has 1 aliphatic rings. The first-order valence-corrected chi connectivity index (χ1v) is 9.33. The highest BCUT2D eigenvalue weighted by Crippen LogP contribution is 2.35. The Morgan fingerprint density at radius 3 is 2.43 bits per heavy atom. The van der Waals surface area contributed by atoms with Gasteiger partial charge in [0.15, 0.2) is 0 Å². The molecule has 3 aromatic rings. The second-order valence-electron chi connectivity index (χ2n) is 6.84. The van der Waals surface area contributed by atoms with Gasteiger partial charge in [-0.2, -0.15) is 4.98 Å². The quantitative estimate of drug-likeness (QED) is 0.699. The first kappa shape index (κ1) is 18.0. The third-order valence-electron chi connectivity index (χ3n) is 4.93. The van der Waals surface area contributed by atoms with E-state index in [4.69, 9.17) is 4.74 Å². The van der Waals surface area contributed by atoms with Gasteiger partial charge in [-0.1, -0.05) is 60.7 Å². The minimum absolute atomic E-state index is 0.0384. The summed E-state index contributed by atoms with van der Waals surface area (Å²) in [4.78, 5) is 23.0. The monoisotopic (exact) mass is 374 g/mol. The van der Waals surface area contributed by atoms with E-state index in [1.54, 1.807) is 17.2 Å². The molecule has 0 saturated carbocycles. The molecule has 1 aromatic heterocycles. The molecule has 0 radical (unpaired) electrons. The zero-order valence-electron chi connectivity index (χ0n) is 15.8. The second-order valence-corrected chi connectivity index (χ2v) is 6.84. The van der Waals surface area contributed by atoms with E-state index < -0.39 is 6.09 Å². The van der Waals surface area contributed by atoms with Crippen molar-refractivity contribution in [3.63, 3.8) is 0 Å². The number of anilines is 2. The van der Waals surface area contributed by atoms with Crippen LogP contribution in [0.5, 0.6) is 0 Å². The summed E-state index contributed by atoms with van der Waals surface area (Å²) in [6.07, 6.45) is 0.920. The van der Waals surface area contributed by atoms with Gasteiger partial charge in [-0.05, 0) is 31.0 Å². The molecule has 1 fully saturated rings. The molecule has 3 atom stereocenters. The maximum atomic E-state index is 12.5. The van der Waals surface area contributed by atoms with E-state index in [-0.39, 0.29) is 18.2 Å². The van der Waals surface area contributed by atoms with E-state index in [9.17, 15) is 4.79 Å². The Balaban J connectivity index is 1.55. The largest absolute Gasteiger partial charge is 0.439 e. The lowest BCUT2D eigenvalue weighted by atomic mass is 10.0. The van der Waals surface area contributed by atoms with Crippen molar-refractivity contribution < 1.29 is 9.53 Å². The van der Waals surface area contributed by atoms with Crippen LogP contribution in [0, 0.1) is 0 Å². The second kappa shape index (κ2) is 7.68. The predicted molar refractivity (Wildman–Crippen MR) is 108 cm³/mol. The standard InChI is InChI=1S/C22H22N4O2/c1-15(17-9-5-3-6-10-17)24-21-23-14-13-19(25-21)26-16(2)20(28-22(26)27)18-11-7-4-8-12-18/h3-16,20H,1-2H3,(H,23,24,25). The topological polar surface area (TPSA) is 67.4 Å². The number of amides is 1. The highest BCUT2D eigenvalue weighted by molar-refractivity contribution is 5.89. The van der Waals surface area contributed by atoms with Gasteiger partial charge in [-0.15, -0.1) is 0 Å². The third-order valence-corrected chi connectivity index (χ3v) is 4.93. The smallest absolute Gasteiger partial charge is 0.416 e. The van der Waals surface area contributed by atoms with E-state index in [0.29, 0.717) is 11.8 Å². The summed E-state index contributed by atoms with van der Waals surface area (Å²) in [7, 11) is 0. The number of rotatable bonds is 5. The van der Waals surface area contributed by atoms with Crippen LogP contribution in [0.2, 0.25) is 0 Å². The van der Waals surface area contributed by atoms with E-state index in [1.165, 1.54) is 0 Å². The molecular weight excluding hydrogens is 352 g/mol. The van der Waals surface area contributed by atoms with Crippen LogP contribution in [0.15, 0.2) is 72.9 Å². The van der Waals surface area contributed by atoms with Gasteiger partial charge in [0, 0.05) is 6.20 Å².